The number of nitrogens with two attached hydrogens (primary N) is 1. The van der Waals surface area contributed by atoms with Gasteiger partial charge in [0.15, 0.2) is 13.8 Å². The average molecular weight is 233 g/mol. The lowest BCUT2D eigenvalue weighted by atomic mass is 11.0. The largest absolute Gasteiger partial charge is 0.250 e. The fourth-order valence-corrected chi connectivity index (χ4v) is 2.91. The van der Waals surface area contributed by atoms with Crippen molar-refractivity contribution in [2.45, 2.75) is 4.21 Å². The van der Waals surface area contributed by atoms with Gasteiger partial charge in [0.25, 0.3) is 10.0 Å². The predicted molar refractivity (Wildman–Crippen MR) is 43.5 cm³/mol. The van der Waals surface area contributed by atoms with Crippen molar-refractivity contribution in [1.29, 1.82) is 0 Å². The van der Waals surface area contributed by atoms with Gasteiger partial charge in [0.2, 0.25) is 0 Å². The number of sulfonamides is 1. The molecule has 1 aromatic rings. The van der Waals surface area contributed by atoms with Crippen LogP contribution in [-0.4, -0.2) is 13.4 Å². The highest BCUT2D eigenvalue weighted by Crippen LogP contribution is 2.29. The minimum Gasteiger partial charge on any atom is -0.224 e. The first-order valence-corrected chi connectivity index (χ1v) is 5.38. The molecule has 2 N–H and O–H groups in total. The minimum atomic E-state index is -3.77. The van der Waals surface area contributed by atoms with E-state index in [9.17, 15) is 8.42 Å². The SMILES string of the molecule is NS(=O)(=O)c1sc(Cl)nc1Cl. The molecule has 1 heterocycles. The molecule has 0 aliphatic heterocycles. The third kappa shape index (κ3) is 2.03. The van der Waals surface area contributed by atoms with Crippen molar-refractivity contribution in [1.82, 2.24) is 4.98 Å². The Morgan fingerprint density at radius 3 is 2.18 bits per heavy atom. The zero-order chi connectivity index (χ0) is 8.65. The fraction of sp³-hybridized carbons (Fsp3) is 0. The van der Waals surface area contributed by atoms with Crippen molar-refractivity contribution in [3.8, 4) is 0 Å². The summed E-state index contributed by atoms with van der Waals surface area (Å²) in [5, 5.41) is 4.59. The van der Waals surface area contributed by atoms with Gasteiger partial charge in [0.1, 0.15) is 0 Å². The highest BCUT2D eigenvalue weighted by atomic mass is 35.5. The normalized spacial score (nSPS) is 11.9. The Morgan fingerprint density at radius 2 is 2.00 bits per heavy atom. The van der Waals surface area contributed by atoms with E-state index in [1.165, 1.54) is 0 Å². The molecule has 8 heteroatoms. The lowest BCUT2D eigenvalue weighted by Crippen LogP contribution is -2.10. The third-order valence-electron chi connectivity index (χ3n) is 0.790. The molecule has 0 aliphatic rings. The van der Waals surface area contributed by atoms with E-state index in [4.69, 9.17) is 28.3 Å². The molecule has 0 saturated carbocycles. The summed E-state index contributed by atoms with van der Waals surface area (Å²) >= 11 is 11.5. The summed E-state index contributed by atoms with van der Waals surface area (Å²) in [6, 6.07) is 0. The number of aromatic nitrogens is 1. The van der Waals surface area contributed by atoms with Gasteiger partial charge in [-0.25, -0.2) is 18.5 Å². The number of primary sulfonamides is 1. The topological polar surface area (TPSA) is 73.1 Å². The maximum absolute atomic E-state index is 10.7. The Hall–Kier alpha value is 0.120. The first kappa shape index (κ1) is 9.21. The highest BCUT2D eigenvalue weighted by molar-refractivity contribution is 7.91. The van der Waals surface area contributed by atoms with Crippen LogP contribution in [0.1, 0.15) is 0 Å². The van der Waals surface area contributed by atoms with Crippen LogP contribution in [0.2, 0.25) is 9.62 Å². The van der Waals surface area contributed by atoms with Crippen LogP contribution in [0.3, 0.4) is 0 Å². The third-order valence-corrected chi connectivity index (χ3v) is 3.90. The van der Waals surface area contributed by atoms with Crippen molar-refractivity contribution in [2.24, 2.45) is 5.14 Å². The van der Waals surface area contributed by atoms with Crippen molar-refractivity contribution in [3.63, 3.8) is 0 Å². The second kappa shape index (κ2) is 2.87. The van der Waals surface area contributed by atoms with Gasteiger partial charge < -0.3 is 0 Å². The van der Waals surface area contributed by atoms with Crippen molar-refractivity contribution in [2.75, 3.05) is 0 Å². The molecule has 0 amide bonds. The van der Waals surface area contributed by atoms with Gasteiger partial charge in [-0.1, -0.05) is 34.5 Å². The molecule has 0 radical (unpaired) electrons. The van der Waals surface area contributed by atoms with E-state index in [2.05, 4.69) is 4.98 Å². The molecule has 0 unspecified atom stereocenters. The van der Waals surface area contributed by atoms with Crippen LogP contribution >= 0.6 is 34.5 Å². The van der Waals surface area contributed by atoms with E-state index < -0.39 is 10.0 Å². The van der Waals surface area contributed by atoms with E-state index >= 15 is 0 Å². The summed E-state index contributed by atoms with van der Waals surface area (Å²) < 4.78 is 21.2. The summed E-state index contributed by atoms with van der Waals surface area (Å²) in [7, 11) is -3.77. The Kier molecular flexibility index (Phi) is 2.40. The van der Waals surface area contributed by atoms with Gasteiger partial charge in [0, 0.05) is 0 Å². The molecule has 0 aliphatic carbocycles. The zero-order valence-electron chi connectivity index (χ0n) is 4.91. The summed E-state index contributed by atoms with van der Waals surface area (Å²) in [6.45, 7) is 0. The lowest BCUT2D eigenvalue weighted by molar-refractivity contribution is 0.599. The average Bonchev–Trinajstić information content (AvgIpc) is 2.08. The first-order chi connectivity index (χ1) is 4.91. The summed E-state index contributed by atoms with van der Waals surface area (Å²) in [5.41, 5.74) is 0. The van der Waals surface area contributed by atoms with Gasteiger partial charge in [-0.15, -0.1) is 0 Å². The Bertz CT molecular complexity index is 371. The Balaban J connectivity index is 3.36. The molecule has 1 rings (SSSR count). The quantitative estimate of drug-likeness (QED) is 0.789. The number of rotatable bonds is 1. The Morgan fingerprint density at radius 1 is 1.45 bits per heavy atom. The van der Waals surface area contributed by atoms with Crippen LogP contribution in [0.4, 0.5) is 0 Å². The van der Waals surface area contributed by atoms with Crippen LogP contribution in [-0.2, 0) is 10.0 Å². The first-order valence-electron chi connectivity index (χ1n) is 2.26. The van der Waals surface area contributed by atoms with Crippen LogP contribution in [0.15, 0.2) is 4.21 Å². The molecular weight excluding hydrogens is 231 g/mol. The van der Waals surface area contributed by atoms with Gasteiger partial charge in [-0.3, -0.25) is 0 Å². The van der Waals surface area contributed by atoms with E-state index in [1.54, 1.807) is 0 Å². The van der Waals surface area contributed by atoms with Crippen molar-refractivity contribution >= 4 is 44.6 Å². The van der Waals surface area contributed by atoms with Crippen LogP contribution in [0.5, 0.6) is 0 Å². The second-order valence-corrected chi connectivity index (χ2v) is 5.29. The van der Waals surface area contributed by atoms with Crippen molar-refractivity contribution < 1.29 is 8.42 Å². The van der Waals surface area contributed by atoms with E-state index in [0.717, 1.165) is 11.3 Å². The molecule has 0 spiro atoms. The predicted octanol–water partition coefficient (Wildman–Crippen LogP) is 1.10. The summed E-state index contributed by atoms with van der Waals surface area (Å²) in [4.78, 5) is 3.47. The maximum Gasteiger partial charge on any atom is 0.250 e. The second-order valence-electron chi connectivity index (χ2n) is 1.59. The molecule has 11 heavy (non-hydrogen) atoms. The standard InChI is InChI=1S/C3H2Cl2N2O2S2/c4-1-2(11(6,8)9)10-3(5)7-1/h(H2,6,8,9). The molecule has 62 valence electrons. The van der Waals surface area contributed by atoms with Crippen LogP contribution in [0.25, 0.3) is 0 Å². The fourth-order valence-electron chi connectivity index (χ4n) is 0.440. The van der Waals surface area contributed by atoms with Gasteiger partial charge in [-0.05, 0) is 0 Å². The zero-order valence-corrected chi connectivity index (χ0v) is 8.06. The smallest absolute Gasteiger partial charge is 0.224 e. The van der Waals surface area contributed by atoms with E-state index in [0.29, 0.717) is 0 Å². The number of halogens is 2. The molecule has 0 aromatic carbocycles. The lowest BCUT2D eigenvalue weighted by Gasteiger charge is -1.88. The number of hydrogen-bond acceptors (Lipinski definition) is 4. The number of thiazole rings is 1. The summed E-state index contributed by atoms with van der Waals surface area (Å²) in [5.74, 6) is 0. The molecule has 0 saturated heterocycles. The number of hydrogen-bond donors (Lipinski definition) is 1. The van der Waals surface area contributed by atoms with E-state index in [1.807, 2.05) is 0 Å². The van der Waals surface area contributed by atoms with E-state index in [-0.39, 0.29) is 13.8 Å². The maximum atomic E-state index is 10.7. The van der Waals surface area contributed by atoms with Gasteiger partial charge in [-0.2, -0.15) is 0 Å². The summed E-state index contributed by atoms with van der Waals surface area (Å²) in [6.07, 6.45) is 0. The molecular formula is C3H2Cl2N2O2S2. The molecule has 0 fully saturated rings. The van der Waals surface area contributed by atoms with Gasteiger partial charge in [0.05, 0.1) is 0 Å². The van der Waals surface area contributed by atoms with Gasteiger partial charge >= 0.3 is 0 Å². The number of nitrogens with zero attached hydrogens (tertiary/aromatic N) is 1. The minimum absolute atomic E-state index is 0.0547. The molecule has 1 aromatic heterocycles. The molecule has 4 nitrogen and oxygen atoms in total. The van der Waals surface area contributed by atoms with Crippen LogP contribution < -0.4 is 5.14 Å². The molecule has 0 bridgehead atoms. The highest BCUT2D eigenvalue weighted by Gasteiger charge is 2.17. The van der Waals surface area contributed by atoms with Crippen LogP contribution in [0, 0.1) is 0 Å². The monoisotopic (exact) mass is 232 g/mol. The van der Waals surface area contributed by atoms with Crippen molar-refractivity contribution in [3.05, 3.63) is 9.62 Å². The molecule has 0 atom stereocenters. The Labute approximate surface area is 77.0 Å².